The van der Waals surface area contributed by atoms with Gasteiger partial charge < -0.3 is 15.1 Å². The molecule has 0 spiro atoms. The van der Waals surface area contributed by atoms with Gasteiger partial charge in [-0.15, -0.1) is 0 Å². The van der Waals surface area contributed by atoms with E-state index in [1.165, 1.54) is 18.5 Å². The van der Waals surface area contributed by atoms with Crippen LogP contribution >= 0.6 is 0 Å². The molecule has 148 valence electrons. The van der Waals surface area contributed by atoms with Crippen molar-refractivity contribution in [3.05, 3.63) is 72.1 Å². The molecule has 1 aliphatic rings. The summed E-state index contributed by atoms with van der Waals surface area (Å²) in [5.74, 6) is 0.248. The third-order valence-corrected chi connectivity index (χ3v) is 5.12. The van der Waals surface area contributed by atoms with Crippen LogP contribution in [0.25, 0.3) is 0 Å². The van der Waals surface area contributed by atoms with Crippen molar-refractivity contribution in [3.8, 4) is 0 Å². The Bertz CT molecular complexity index is 982. The average Bonchev–Trinajstić information content (AvgIpc) is 3.28. The Morgan fingerprint density at radius 2 is 1.69 bits per heavy atom. The van der Waals surface area contributed by atoms with E-state index in [1.54, 1.807) is 18.0 Å². The third-order valence-electron chi connectivity index (χ3n) is 5.12. The molecule has 1 amide bonds. The van der Waals surface area contributed by atoms with Crippen LogP contribution < -0.4 is 15.1 Å². The van der Waals surface area contributed by atoms with E-state index in [2.05, 4.69) is 32.3 Å². The number of hydrogen-bond acceptors (Lipinski definition) is 5. The predicted molar refractivity (Wildman–Crippen MR) is 117 cm³/mol. The molecule has 0 radical (unpaired) electrons. The summed E-state index contributed by atoms with van der Waals surface area (Å²) in [6, 6.07) is 19.5. The standard InChI is InChI=1S/C23H25N5O/c1-17-16-21(22(29)27(2)19-8-4-3-5-9-19)26-23(24-17)25-18-10-12-20(13-11-18)28-14-6-7-15-28/h3-5,8-13,16H,6-7,14-15H2,1-2H3,(H,24,25,26). The Balaban J connectivity index is 1.51. The molecule has 6 heteroatoms. The van der Waals surface area contributed by atoms with Crippen LogP contribution in [0.3, 0.4) is 0 Å². The SMILES string of the molecule is Cc1cc(C(=O)N(C)c2ccccc2)nc(Nc2ccc(N3CCCC3)cc2)n1. The second-order valence-electron chi connectivity index (χ2n) is 7.28. The summed E-state index contributed by atoms with van der Waals surface area (Å²) >= 11 is 0. The number of aryl methyl sites for hydroxylation is 1. The van der Waals surface area contributed by atoms with Crippen molar-refractivity contribution in [2.45, 2.75) is 19.8 Å². The first-order valence-corrected chi connectivity index (χ1v) is 9.91. The second-order valence-corrected chi connectivity index (χ2v) is 7.28. The normalized spacial score (nSPS) is 13.4. The molecule has 0 saturated carbocycles. The zero-order valence-corrected chi connectivity index (χ0v) is 16.8. The van der Waals surface area contributed by atoms with Gasteiger partial charge in [-0.2, -0.15) is 0 Å². The number of para-hydroxylation sites is 1. The number of amides is 1. The molecule has 0 atom stereocenters. The van der Waals surface area contributed by atoms with E-state index in [4.69, 9.17) is 0 Å². The smallest absolute Gasteiger partial charge is 0.276 e. The highest BCUT2D eigenvalue weighted by Crippen LogP contribution is 2.23. The van der Waals surface area contributed by atoms with Crippen LogP contribution in [0.15, 0.2) is 60.7 Å². The third kappa shape index (κ3) is 4.37. The van der Waals surface area contributed by atoms with Gasteiger partial charge in [0.2, 0.25) is 5.95 Å². The maximum atomic E-state index is 12.9. The highest BCUT2D eigenvalue weighted by Gasteiger charge is 2.17. The molecule has 4 rings (SSSR count). The van der Waals surface area contributed by atoms with Crippen molar-refractivity contribution in [2.75, 3.05) is 35.3 Å². The van der Waals surface area contributed by atoms with Crippen molar-refractivity contribution in [2.24, 2.45) is 0 Å². The molecule has 2 heterocycles. The maximum absolute atomic E-state index is 12.9. The topological polar surface area (TPSA) is 61.4 Å². The first-order valence-electron chi connectivity index (χ1n) is 9.91. The number of nitrogens with one attached hydrogen (secondary N) is 1. The molecule has 1 fully saturated rings. The van der Waals surface area contributed by atoms with Gasteiger partial charge >= 0.3 is 0 Å². The predicted octanol–water partition coefficient (Wildman–Crippen LogP) is 4.41. The number of benzene rings is 2. The maximum Gasteiger partial charge on any atom is 0.276 e. The zero-order valence-electron chi connectivity index (χ0n) is 16.8. The lowest BCUT2D eigenvalue weighted by molar-refractivity contribution is 0.0988. The molecular formula is C23H25N5O. The lowest BCUT2D eigenvalue weighted by atomic mass is 10.2. The second kappa shape index (κ2) is 8.31. The number of rotatable bonds is 5. The lowest BCUT2D eigenvalue weighted by Gasteiger charge is -2.18. The number of nitrogens with zero attached hydrogens (tertiary/aromatic N) is 4. The monoisotopic (exact) mass is 387 g/mol. The van der Waals surface area contributed by atoms with Crippen molar-refractivity contribution in [1.82, 2.24) is 9.97 Å². The van der Waals surface area contributed by atoms with Crippen LogP contribution in [0.4, 0.5) is 23.0 Å². The van der Waals surface area contributed by atoms with E-state index in [0.717, 1.165) is 30.2 Å². The van der Waals surface area contributed by atoms with Gasteiger partial charge in [0.15, 0.2) is 0 Å². The highest BCUT2D eigenvalue weighted by atomic mass is 16.2. The minimum absolute atomic E-state index is 0.172. The summed E-state index contributed by atoms with van der Waals surface area (Å²) in [7, 11) is 1.75. The molecule has 6 nitrogen and oxygen atoms in total. The quantitative estimate of drug-likeness (QED) is 0.703. The molecule has 1 aliphatic heterocycles. The van der Waals surface area contributed by atoms with Gasteiger partial charge in [-0.3, -0.25) is 4.79 Å². The van der Waals surface area contributed by atoms with E-state index < -0.39 is 0 Å². The zero-order chi connectivity index (χ0) is 20.2. The molecular weight excluding hydrogens is 362 g/mol. The van der Waals surface area contributed by atoms with Gasteiger partial charge in [0.25, 0.3) is 5.91 Å². The first-order chi connectivity index (χ1) is 14.1. The molecule has 0 unspecified atom stereocenters. The summed E-state index contributed by atoms with van der Waals surface area (Å²) in [6.07, 6.45) is 2.51. The Labute approximate surface area is 171 Å². The Morgan fingerprint density at radius 1 is 1.00 bits per heavy atom. The molecule has 29 heavy (non-hydrogen) atoms. The molecule has 1 aromatic heterocycles. The van der Waals surface area contributed by atoms with Gasteiger partial charge in [-0.05, 0) is 62.2 Å². The van der Waals surface area contributed by atoms with Crippen LogP contribution in [0.5, 0.6) is 0 Å². The minimum atomic E-state index is -0.172. The van der Waals surface area contributed by atoms with Crippen LogP contribution in [0, 0.1) is 6.92 Å². The van der Waals surface area contributed by atoms with E-state index in [1.807, 2.05) is 49.4 Å². The number of aromatic nitrogens is 2. The van der Waals surface area contributed by atoms with Gasteiger partial charge in [0, 0.05) is 42.9 Å². The Hall–Kier alpha value is -3.41. The fraction of sp³-hybridized carbons (Fsp3) is 0.261. The Kier molecular flexibility index (Phi) is 5.42. The van der Waals surface area contributed by atoms with Crippen LogP contribution in [0.1, 0.15) is 29.0 Å². The lowest BCUT2D eigenvalue weighted by Crippen LogP contribution is -2.27. The summed E-state index contributed by atoms with van der Waals surface area (Å²) in [5, 5.41) is 3.23. The molecule has 0 aliphatic carbocycles. The molecule has 3 aromatic rings. The number of carbonyl (C=O) groups excluding carboxylic acids is 1. The Morgan fingerprint density at radius 3 is 2.38 bits per heavy atom. The largest absolute Gasteiger partial charge is 0.372 e. The van der Waals surface area contributed by atoms with Crippen LogP contribution in [0.2, 0.25) is 0 Å². The van der Waals surface area contributed by atoms with Gasteiger partial charge in [0.1, 0.15) is 5.69 Å². The van der Waals surface area contributed by atoms with Gasteiger partial charge in [-0.1, -0.05) is 18.2 Å². The van der Waals surface area contributed by atoms with E-state index in [-0.39, 0.29) is 5.91 Å². The summed E-state index contributed by atoms with van der Waals surface area (Å²) in [5.41, 5.74) is 4.05. The molecule has 1 N–H and O–H groups in total. The molecule has 2 aromatic carbocycles. The van der Waals surface area contributed by atoms with Gasteiger partial charge in [-0.25, -0.2) is 9.97 Å². The minimum Gasteiger partial charge on any atom is -0.372 e. The van der Waals surface area contributed by atoms with Gasteiger partial charge in [0.05, 0.1) is 0 Å². The molecule has 0 bridgehead atoms. The van der Waals surface area contributed by atoms with Crippen molar-refractivity contribution in [3.63, 3.8) is 0 Å². The van der Waals surface area contributed by atoms with E-state index >= 15 is 0 Å². The average molecular weight is 387 g/mol. The number of carbonyl (C=O) groups is 1. The van der Waals surface area contributed by atoms with E-state index in [9.17, 15) is 4.79 Å². The first kappa shape index (κ1) is 18.9. The van der Waals surface area contributed by atoms with Crippen LogP contribution in [-0.4, -0.2) is 36.0 Å². The fourth-order valence-electron chi connectivity index (χ4n) is 3.53. The van der Waals surface area contributed by atoms with Crippen molar-refractivity contribution in [1.29, 1.82) is 0 Å². The van der Waals surface area contributed by atoms with Crippen molar-refractivity contribution < 1.29 is 4.79 Å². The highest BCUT2D eigenvalue weighted by molar-refractivity contribution is 6.04. The number of hydrogen-bond donors (Lipinski definition) is 1. The van der Waals surface area contributed by atoms with Crippen LogP contribution in [-0.2, 0) is 0 Å². The summed E-state index contributed by atoms with van der Waals surface area (Å²) in [6.45, 7) is 4.10. The van der Waals surface area contributed by atoms with E-state index in [0.29, 0.717) is 11.6 Å². The molecule has 1 saturated heterocycles. The van der Waals surface area contributed by atoms with Crippen molar-refractivity contribution >= 4 is 28.9 Å². The summed E-state index contributed by atoms with van der Waals surface area (Å²) < 4.78 is 0. The number of anilines is 4. The fourth-order valence-corrected chi connectivity index (χ4v) is 3.53. The summed E-state index contributed by atoms with van der Waals surface area (Å²) in [4.78, 5) is 25.8.